The molecule has 1 aromatic heterocycles. The lowest BCUT2D eigenvalue weighted by Crippen LogP contribution is -2.12. The second kappa shape index (κ2) is 12.5. The van der Waals surface area contributed by atoms with Gasteiger partial charge in [-0.3, -0.25) is 0 Å². The average molecular weight is 675 g/mol. The maximum absolute atomic E-state index is 2.45. The molecule has 0 fully saturated rings. The van der Waals surface area contributed by atoms with Crippen LogP contribution in [0, 0.1) is 27.7 Å². The Morgan fingerprint density at radius 3 is 1.10 bits per heavy atom. The SMILES string of the molecule is Cc1ccc(N(c2ccccc2C)c2cc3sc4cc(N(c5ccc(C)cc5)c5ccccc5C)c5ccccc5c4c3c3ccccc23)cc1. The number of hydrogen-bond acceptors (Lipinski definition) is 3. The number of hydrogen-bond donors (Lipinski definition) is 0. The second-order valence-electron chi connectivity index (χ2n) is 13.6. The summed E-state index contributed by atoms with van der Waals surface area (Å²) in [5.41, 5.74) is 12.0. The van der Waals surface area contributed by atoms with Crippen LogP contribution in [0.1, 0.15) is 22.3 Å². The Bertz CT molecular complexity index is 2550. The van der Waals surface area contributed by atoms with E-state index in [1.807, 2.05) is 11.3 Å². The Labute approximate surface area is 303 Å². The number of nitrogens with zero attached hydrogens (tertiary/aromatic N) is 2. The molecule has 0 aliphatic rings. The van der Waals surface area contributed by atoms with Crippen LogP contribution in [0.5, 0.6) is 0 Å². The Balaban J connectivity index is 1.37. The van der Waals surface area contributed by atoms with E-state index in [-0.39, 0.29) is 0 Å². The van der Waals surface area contributed by atoms with Crippen molar-refractivity contribution in [1.82, 2.24) is 0 Å². The molecule has 0 aliphatic carbocycles. The second-order valence-corrected chi connectivity index (χ2v) is 14.7. The van der Waals surface area contributed by atoms with Gasteiger partial charge in [-0.25, -0.2) is 0 Å². The van der Waals surface area contributed by atoms with Gasteiger partial charge < -0.3 is 9.80 Å². The van der Waals surface area contributed by atoms with Gasteiger partial charge >= 0.3 is 0 Å². The van der Waals surface area contributed by atoms with Gasteiger partial charge in [-0.1, -0.05) is 120 Å². The Morgan fingerprint density at radius 2 is 0.706 bits per heavy atom. The molecule has 0 bridgehead atoms. The van der Waals surface area contributed by atoms with Crippen LogP contribution in [0.15, 0.2) is 158 Å². The largest absolute Gasteiger partial charge is 0.310 e. The molecule has 0 atom stereocenters. The molecule has 2 nitrogen and oxygen atoms in total. The number of aryl methyl sites for hydroxylation is 4. The molecule has 0 saturated carbocycles. The first-order valence-electron chi connectivity index (χ1n) is 17.6. The van der Waals surface area contributed by atoms with Crippen molar-refractivity contribution in [3.05, 3.63) is 180 Å². The first-order chi connectivity index (χ1) is 25.0. The lowest BCUT2D eigenvalue weighted by Gasteiger charge is -2.29. The summed E-state index contributed by atoms with van der Waals surface area (Å²) >= 11 is 1.90. The standard InChI is InChI=1S/C48H38N2S/c1-31-21-25-35(26-22-31)49(41-19-11-5-13-33(41)3)43-29-45-47(39-17-9-7-15-37(39)43)48-40-18-10-8-16-38(40)44(30-46(48)51-45)50(36-27-23-32(2)24-28-36)42-20-12-6-14-34(42)4/h5-30H,1-4H3. The Kier molecular flexibility index (Phi) is 7.60. The Morgan fingerprint density at radius 1 is 0.353 bits per heavy atom. The highest BCUT2D eigenvalue weighted by molar-refractivity contribution is 7.26. The van der Waals surface area contributed by atoms with E-state index in [0.29, 0.717) is 0 Å². The monoisotopic (exact) mass is 674 g/mol. The summed E-state index contributed by atoms with van der Waals surface area (Å²) < 4.78 is 2.56. The first kappa shape index (κ1) is 31.1. The molecule has 0 amide bonds. The molecule has 9 aromatic rings. The predicted molar refractivity (Wildman–Crippen MR) is 223 cm³/mol. The highest BCUT2D eigenvalue weighted by atomic mass is 32.1. The highest BCUT2D eigenvalue weighted by Gasteiger charge is 2.24. The van der Waals surface area contributed by atoms with Crippen LogP contribution in [-0.2, 0) is 0 Å². The lowest BCUT2D eigenvalue weighted by molar-refractivity contribution is 1.26. The highest BCUT2D eigenvalue weighted by Crippen LogP contribution is 2.51. The third kappa shape index (κ3) is 5.24. The van der Waals surface area contributed by atoms with Crippen molar-refractivity contribution >= 4 is 87.2 Å². The molecule has 0 saturated heterocycles. The number of rotatable bonds is 6. The third-order valence-electron chi connectivity index (χ3n) is 10.2. The molecule has 8 aromatic carbocycles. The van der Waals surface area contributed by atoms with Gasteiger partial charge in [0.25, 0.3) is 0 Å². The zero-order valence-electron chi connectivity index (χ0n) is 29.3. The molecule has 0 radical (unpaired) electrons. The molecule has 0 unspecified atom stereocenters. The van der Waals surface area contributed by atoms with Gasteiger partial charge in [0, 0.05) is 53.7 Å². The summed E-state index contributed by atoms with van der Waals surface area (Å²) in [6, 6.07) is 58.1. The van der Waals surface area contributed by atoms with Crippen molar-refractivity contribution in [3.8, 4) is 0 Å². The van der Waals surface area contributed by atoms with E-state index in [9.17, 15) is 0 Å². The minimum Gasteiger partial charge on any atom is -0.310 e. The van der Waals surface area contributed by atoms with Crippen molar-refractivity contribution in [1.29, 1.82) is 0 Å². The average Bonchev–Trinajstić information content (AvgIpc) is 3.54. The van der Waals surface area contributed by atoms with Gasteiger partial charge in [-0.2, -0.15) is 0 Å². The summed E-state index contributed by atoms with van der Waals surface area (Å²) in [7, 11) is 0. The van der Waals surface area contributed by atoms with E-state index in [4.69, 9.17) is 0 Å². The fourth-order valence-electron chi connectivity index (χ4n) is 7.66. The summed E-state index contributed by atoms with van der Waals surface area (Å²) in [4.78, 5) is 4.89. The van der Waals surface area contributed by atoms with Crippen LogP contribution in [0.25, 0.3) is 41.7 Å². The topological polar surface area (TPSA) is 6.48 Å². The van der Waals surface area contributed by atoms with Crippen molar-refractivity contribution in [2.75, 3.05) is 9.80 Å². The van der Waals surface area contributed by atoms with E-state index in [0.717, 1.165) is 11.4 Å². The predicted octanol–water partition coefficient (Wildman–Crippen LogP) is 14.5. The van der Waals surface area contributed by atoms with Crippen molar-refractivity contribution in [3.63, 3.8) is 0 Å². The molecule has 51 heavy (non-hydrogen) atoms. The van der Waals surface area contributed by atoms with E-state index in [1.165, 1.54) is 86.7 Å². The van der Waals surface area contributed by atoms with Crippen LogP contribution < -0.4 is 9.80 Å². The molecular formula is C48H38N2S. The molecule has 9 rings (SSSR count). The van der Waals surface area contributed by atoms with Gasteiger partial charge in [0.15, 0.2) is 0 Å². The zero-order valence-corrected chi connectivity index (χ0v) is 30.1. The molecule has 1 heterocycles. The fraction of sp³-hybridized carbons (Fsp3) is 0.0833. The number of benzene rings is 8. The minimum absolute atomic E-state index is 1.15. The maximum Gasteiger partial charge on any atom is 0.0554 e. The van der Waals surface area contributed by atoms with Crippen LogP contribution >= 0.6 is 11.3 Å². The summed E-state index contributed by atoms with van der Waals surface area (Å²) in [5.74, 6) is 0. The fourth-order valence-corrected chi connectivity index (χ4v) is 8.87. The van der Waals surface area contributed by atoms with Gasteiger partial charge in [0.1, 0.15) is 0 Å². The first-order valence-corrected chi connectivity index (χ1v) is 18.4. The smallest absolute Gasteiger partial charge is 0.0554 e. The van der Waals surface area contributed by atoms with Gasteiger partial charge in [-0.15, -0.1) is 11.3 Å². The van der Waals surface area contributed by atoms with E-state index in [2.05, 4.69) is 195 Å². The molecule has 0 spiro atoms. The van der Waals surface area contributed by atoms with Crippen molar-refractivity contribution in [2.45, 2.75) is 27.7 Å². The molecule has 0 aliphatic heterocycles. The van der Waals surface area contributed by atoms with Crippen LogP contribution in [0.4, 0.5) is 34.1 Å². The minimum atomic E-state index is 1.15. The Hall–Kier alpha value is -5.90. The van der Waals surface area contributed by atoms with Gasteiger partial charge in [0.05, 0.1) is 11.4 Å². The number of para-hydroxylation sites is 2. The van der Waals surface area contributed by atoms with E-state index >= 15 is 0 Å². The van der Waals surface area contributed by atoms with E-state index < -0.39 is 0 Å². The van der Waals surface area contributed by atoms with Crippen LogP contribution in [0.3, 0.4) is 0 Å². The van der Waals surface area contributed by atoms with E-state index in [1.54, 1.807) is 0 Å². The van der Waals surface area contributed by atoms with Gasteiger partial charge in [0.2, 0.25) is 0 Å². The normalized spacial score (nSPS) is 11.5. The number of fused-ring (bicyclic) bond motifs is 7. The molecule has 246 valence electrons. The van der Waals surface area contributed by atoms with Gasteiger partial charge in [-0.05, 0) is 98.1 Å². The third-order valence-corrected chi connectivity index (χ3v) is 11.3. The quantitative estimate of drug-likeness (QED) is 0.173. The lowest BCUT2D eigenvalue weighted by atomic mass is 9.96. The summed E-state index contributed by atoms with van der Waals surface area (Å²) in [5, 5.41) is 7.67. The van der Waals surface area contributed by atoms with Crippen molar-refractivity contribution in [2.24, 2.45) is 0 Å². The summed E-state index contributed by atoms with van der Waals surface area (Å²) in [6.45, 7) is 8.72. The maximum atomic E-state index is 2.45. The molecular weight excluding hydrogens is 637 g/mol. The number of thiophene rings is 1. The van der Waals surface area contributed by atoms with Crippen LogP contribution in [-0.4, -0.2) is 0 Å². The summed E-state index contributed by atoms with van der Waals surface area (Å²) in [6.07, 6.45) is 0. The van der Waals surface area contributed by atoms with Crippen molar-refractivity contribution < 1.29 is 0 Å². The molecule has 0 N–H and O–H groups in total. The molecule has 3 heteroatoms. The zero-order chi connectivity index (χ0) is 34.6. The number of anilines is 6. The van der Waals surface area contributed by atoms with Crippen LogP contribution in [0.2, 0.25) is 0 Å².